The third kappa shape index (κ3) is 17.6. The molecule has 0 saturated heterocycles. The van der Waals surface area contributed by atoms with Crippen molar-refractivity contribution in [1.82, 2.24) is 25.5 Å². The molecule has 0 bridgehead atoms. The van der Waals surface area contributed by atoms with E-state index >= 15 is 0 Å². The predicted octanol–water partition coefficient (Wildman–Crippen LogP) is 4.01. The Labute approximate surface area is 263 Å². The SMILES string of the molecule is CC(C)(CO)CNC=O.CC(C)CN(CCNC=O)C(=O)c1cnc(C(C)(C)C)nc1NCc1ccco1.COC(C)(C)C. The second kappa shape index (κ2) is 19.7. The molecular weight excluding hydrogens is 564 g/mol. The first-order valence-electron chi connectivity index (χ1n) is 14.8. The summed E-state index contributed by atoms with van der Waals surface area (Å²) in [5.74, 6) is 1.98. The van der Waals surface area contributed by atoms with Gasteiger partial charge in [-0.25, -0.2) is 9.97 Å². The van der Waals surface area contributed by atoms with Crippen molar-refractivity contribution in [2.45, 2.75) is 86.8 Å². The van der Waals surface area contributed by atoms with Crippen molar-refractivity contribution in [1.29, 1.82) is 0 Å². The third-order valence-corrected chi connectivity index (χ3v) is 5.89. The van der Waals surface area contributed by atoms with Gasteiger partial charge in [0.1, 0.15) is 23.0 Å². The Morgan fingerprint density at radius 3 is 2.16 bits per heavy atom. The van der Waals surface area contributed by atoms with E-state index in [0.29, 0.717) is 62.7 Å². The number of methoxy groups -OCH3 is 1. The van der Waals surface area contributed by atoms with Crippen LogP contribution in [0.3, 0.4) is 0 Å². The van der Waals surface area contributed by atoms with Gasteiger partial charge in [-0.15, -0.1) is 0 Å². The minimum Gasteiger partial charge on any atom is -0.467 e. The van der Waals surface area contributed by atoms with Crippen molar-refractivity contribution in [2.75, 3.05) is 45.2 Å². The maximum Gasteiger partial charge on any atom is 0.259 e. The summed E-state index contributed by atoms with van der Waals surface area (Å²) < 4.78 is 10.3. The molecule has 0 aliphatic rings. The molecule has 2 rings (SSSR count). The Hall–Kier alpha value is -3.51. The largest absolute Gasteiger partial charge is 0.467 e. The molecule has 0 fully saturated rings. The van der Waals surface area contributed by atoms with Gasteiger partial charge in [0.15, 0.2) is 0 Å². The summed E-state index contributed by atoms with van der Waals surface area (Å²) in [6.45, 7) is 22.4. The summed E-state index contributed by atoms with van der Waals surface area (Å²) in [5.41, 5.74) is -0.00828. The number of furan rings is 1. The summed E-state index contributed by atoms with van der Waals surface area (Å²) >= 11 is 0. The lowest BCUT2D eigenvalue weighted by Gasteiger charge is -2.26. The van der Waals surface area contributed by atoms with Gasteiger partial charge in [0.2, 0.25) is 12.8 Å². The Bertz CT molecular complexity index is 1090. The number of aromatic nitrogens is 2. The molecule has 2 aromatic rings. The maximum atomic E-state index is 13.3. The lowest BCUT2D eigenvalue weighted by molar-refractivity contribution is -0.110. The second-order valence-electron chi connectivity index (χ2n) is 13.5. The Kier molecular flexibility index (Phi) is 18.1. The predicted molar refractivity (Wildman–Crippen MR) is 173 cm³/mol. The van der Waals surface area contributed by atoms with Crippen molar-refractivity contribution < 1.29 is 28.6 Å². The number of ether oxygens (including phenoxy) is 1. The molecular formula is C32H56N6O6. The highest BCUT2D eigenvalue weighted by molar-refractivity contribution is 5.98. The number of hydrogen-bond acceptors (Lipinski definition) is 9. The molecule has 44 heavy (non-hydrogen) atoms. The highest BCUT2D eigenvalue weighted by Gasteiger charge is 2.25. The van der Waals surface area contributed by atoms with Gasteiger partial charge < -0.3 is 35.1 Å². The number of nitrogens with zero attached hydrogens (tertiary/aromatic N) is 3. The minimum atomic E-state index is -0.256. The Balaban J connectivity index is 0.00000101. The number of carbonyl (C=O) groups is 3. The second-order valence-corrected chi connectivity index (χ2v) is 13.5. The van der Waals surface area contributed by atoms with E-state index in [1.54, 1.807) is 24.5 Å². The van der Waals surface area contributed by atoms with E-state index in [-0.39, 0.29) is 34.9 Å². The van der Waals surface area contributed by atoms with Gasteiger partial charge in [0.05, 0.1) is 18.4 Å². The quantitative estimate of drug-likeness (QED) is 0.181. The molecule has 0 aliphatic carbocycles. The van der Waals surface area contributed by atoms with Crippen LogP contribution in [0.1, 0.15) is 91.2 Å². The molecule has 0 atom stereocenters. The fourth-order valence-corrected chi connectivity index (χ4v) is 3.14. The van der Waals surface area contributed by atoms with Gasteiger partial charge in [0.25, 0.3) is 5.91 Å². The van der Waals surface area contributed by atoms with Gasteiger partial charge in [-0.2, -0.15) is 0 Å². The van der Waals surface area contributed by atoms with Gasteiger partial charge in [0, 0.05) is 56.9 Å². The molecule has 0 aliphatic heterocycles. The first kappa shape index (κ1) is 40.5. The third-order valence-electron chi connectivity index (χ3n) is 5.89. The first-order chi connectivity index (χ1) is 20.4. The number of amides is 3. The number of nitrogens with one attached hydrogen (secondary N) is 3. The molecule has 2 aromatic heterocycles. The fraction of sp³-hybridized carbons (Fsp3) is 0.656. The maximum absolute atomic E-state index is 13.3. The van der Waals surface area contributed by atoms with Crippen molar-refractivity contribution in [2.24, 2.45) is 11.3 Å². The summed E-state index contributed by atoms with van der Waals surface area (Å²) in [4.78, 5) is 44.4. The molecule has 12 nitrogen and oxygen atoms in total. The van der Waals surface area contributed by atoms with Crippen molar-refractivity contribution >= 4 is 24.5 Å². The van der Waals surface area contributed by atoms with Gasteiger partial charge in [-0.05, 0) is 38.8 Å². The number of hydrogen-bond donors (Lipinski definition) is 4. The molecule has 0 aromatic carbocycles. The van der Waals surface area contributed by atoms with Crippen molar-refractivity contribution in [3.63, 3.8) is 0 Å². The van der Waals surface area contributed by atoms with E-state index in [4.69, 9.17) is 14.3 Å². The number of carbonyl (C=O) groups excluding carboxylic acids is 3. The number of aliphatic hydroxyl groups excluding tert-OH is 1. The van der Waals surface area contributed by atoms with Gasteiger partial charge in [-0.3, -0.25) is 14.4 Å². The molecule has 0 unspecified atom stereocenters. The van der Waals surface area contributed by atoms with E-state index in [1.807, 2.05) is 81.4 Å². The molecule has 0 spiro atoms. The zero-order valence-electron chi connectivity index (χ0n) is 28.6. The van der Waals surface area contributed by atoms with E-state index in [1.165, 1.54) is 0 Å². The van der Waals surface area contributed by atoms with Crippen LogP contribution >= 0.6 is 0 Å². The number of rotatable bonds is 14. The van der Waals surface area contributed by atoms with Crippen LogP contribution in [0.2, 0.25) is 0 Å². The van der Waals surface area contributed by atoms with E-state index in [0.717, 1.165) is 5.76 Å². The minimum absolute atomic E-state index is 0.0417. The highest BCUT2D eigenvalue weighted by atomic mass is 16.5. The standard InChI is InChI=1S/C21H31N5O3.C6H13NO2.C5H12O/c1-15(2)13-26(9-8-22-14-27)19(28)17-12-24-20(21(3,4)5)25-18(17)23-11-16-7-6-10-29-16;1-6(2,4-8)3-7-5-9;1-5(2,3)6-4/h6-7,10,12,14-15H,8-9,11,13H2,1-5H3,(H,22,27)(H,23,24,25);5,8H,3-4H2,1-2H3,(H,7,9);1-4H3. The van der Waals surface area contributed by atoms with Crippen LogP contribution < -0.4 is 16.0 Å². The van der Waals surface area contributed by atoms with Crippen LogP contribution in [0.25, 0.3) is 0 Å². The molecule has 12 heteroatoms. The fourth-order valence-electron chi connectivity index (χ4n) is 3.14. The van der Waals surface area contributed by atoms with Gasteiger partial charge in [-0.1, -0.05) is 48.5 Å². The van der Waals surface area contributed by atoms with Gasteiger partial charge >= 0.3 is 0 Å². The molecule has 4 N–H and O–H groups in total. The topological polar surface area (TPSA) is 159 Å². The molecule has 0 saturated carbocycles. The van der Waals surface area contributed by atoms with Crippen molar-refractivity contribution in [3.8, 4) is 0 Å². The zero-order chi connectivity index (χ0) is 34.0. The first-order valence-corrected chi connectivity index (χ1v) is 14.8. The van der Waals surface area contributed by atoms with Crippen LogP contribution in [-0.4, -0.2) is 84.2 Å². The van der Waals surface area contributed by atoms with Crippen LogP contribution in [0.5, 0.6) is 0 Å². The van der Waals surface area contributed by atoms with E-state index in [2.05, 4.69) is 25.9 Å². The number of anilines is 1. The monoisotopic (exact) mass is 620 g/mol. The molecule has 0 radical (unpaired) electrons. The van der Waals surface area contributed by atoms with E-state index < -0.39 is 0 Å². The van der Waals surface area contributed by atoms with Crippen LogP contribution in [-0.2, 0) is 26.3 Å². The molecule has 3 amide bonds. The lowest BCUT2D eigenvalue weighted by atomic mass is 9.95. The average Bonchev–Trinajstić information content (AvgIpc) is 3.47. The summed E-state index contributed by atoms with van der Waals surface area (Å²) in [6, 6.07) is 3.67. The van der Waals surface area contributed by atoms with Crippen molar-refractivity contribution in [3.05, 3.63) is 41.7 Å². The summed E-state index contributed by atoms with van der Waals surface area (Å²) in [5, 5.41) is 17.0. The molecule has 2 heterocycles. The van der Waals surface area contributed by atoms with E-state index in [9.17, 15) is 14.4 Å². The average molecular weight is 621 g/mol. The number of aliphatic hydroxyl groups is 1. The molecule has 250 valence electrons. The Morgan fingerprint density at radius 2 is 1.70 bits per heavy atom. The normalized spacial score (nSPS) is 11.4. The van der Waals surface area contributed by atoms with Crippen LogP contribution in [0.4, 0.5) is 5.82 Å². The zero-order valence-corrected chi connectivity index (χ0v) is 28.6. The smallest absolute Gasteiger partial charge is 0.259 e. The van der Waals surface area contributed by atoms with Crippen LogP contribution in [0, 0.1) is 11.3 Å². The summed E-state index contributed by atoms with van der Waals surface area (Å²) in [6.07, 6.45) is 4.46. The lowest BCUT2D eigenvalue weighted by Crippen LogP contribution is -2.39. The van der Waals surface area contributed by atoms with Crippen LogP contribution in [0.15, 0.2) is 29.0 Å². The Morgan fingerprint density at radius 1 is 1.09 bits per heavy atom. The summed E-state index contributed by atoms with van der Waals surface area (Å²) in [7, 11) is 1.71. The highest BCUT2D eigenvalue weighted by Crippen LogP contribution is 2.23.